The van der Waals surface area contributed by atoms with Gasteiger partial charge in [0.2, 0.25) is 0 Å². The second-order valence-corrected chi connectivity index (χ2v) is 1.54. The first kappa shape index (κ1) is 16.3. The van der Waals surface area contributed by atoms with E-state index >= 15 is 0 Å². The Morgan fingerprint density at radius 2 is 1.29 bits per heavy atom. The summed E-state index contributed by atoms with van der Waals surface area (Å²) in [5.74, 6) is 0. The van der Waals surface area contributed by atoms with Crippen molar-refractivity contribution < 1.29 is 26.4 Å². The molecule has 0 aromatic carbocycles. The van der Waals surface area contributed by atoms with Gasteiger partial charge < -0.3 is 20.4 Å². The number of hydrogen-bond donors (Lipinski definition) is 3. The Hall–Kier alpha value is 2.63. The molecule has 0 fully saturated rings. The standard InChI is InChI=1S/2Ca.H3O4P.4H/c;;1-5(2,3)4;;;;/h;;(H3,1,2,3,4);;;;/q2*+2;;4*-1/p+1. The van der Waals surface area contributed by atoms with Gasteiger partial charge in [-0.25, -0.2) is 4.57 Å². The topological polar surface area (TPSA) is 77.8 Å². The molecule has 7 heavy (non-hydrogen) atoms. The van der Waals surface area contributed by atoms with Gasteiger partial charge in [-0.3, -0.25) is 0 Å². The van der Waals surface area contributed by atoms with E-state index in [0.717, 1.165) is 0 Å². The van der Waals surface area contributed by atoms with Crippen molar-refractivity contribution in [3.05, 3.63) is 0 Å². The fourth-order valence-electron chi connectivity index (χ4n) is 0. The van der Waals surface area contributed by atoms with Gasteiger partial charge in [0.1, 0.15) is 0 Å². The Balaban J connectivity index is -0.00000000381. The van der Waals surface area contributed by atoms with Crippen molar-refractivity contribution in [2.24, 2.45) is 0 Å². The van der Waals surface area contributed by atoms with E-state index in [9.17, 15) is 0 Å². The quantitative estimate of drug-likeness (QED) is 0.328. The first-order chi connectivity index (χ1) is 2.00. The van der Waals surface area contributed by atoms with Crippen LogP contribution in [0.5, 0.6) is 0 Å². The summed E-state index contributed by atoms with van der Waals surface area (Å²) in [7, 11) is -4.64. The smallest absolute Gasteiger partial charge is 1.00 e. The van der Waals surface area contributed by atoms with Crippen molar-refractivity contribution in [3.8, 4) is 0 Å². The second-order valence-electron chi connectivity index (χ2n) is 0.513. The predicted molar refractivity (Wildman–Crippen MR) is 31.3 cm³/mol. The van der Waals surface area contributed by atoms with E-state index in [4.69, 9.17) is 19.2 Å². The largest absolute Gasteiger partial charge is 2.00 e. The first-order valence-corrected chi connectivity index (χ1v) is 2.35. The molecular formula is H8Ca2O4P+. The summed E-state index contributed by atoms with van der Waals surface area (Å²) < 4.78 is 8.88. The van der Waals surface area contributed by atoms with E-state index in [1.165, 1.54) is 0 Å². The summed E-state index contributed by atoms with van der Waals surface area (Å²) in [6.45, 7) is 0. The van der Waals surface area contributed by atoms with Crippen molar-refractivity contribution in [1.29, 1.82) is 0 Å². The van der Waals surface area contributed by atoms with Crippen molar-refractivity contribution in [1.82, 2.24) is 0 Å². The number of rotatable bonds is 0. The van der Waals surface area contributed by atoms with E-state index < -0.39 is 7.82 Å². The van der Waals surface area contributed by atoms with Gasteiger partial charge in [0, 0.05) is 0 Å². The average Bonchev–Trinajstić information content (AvgIpc) is 0.722. The van der Waals surface area contributed by atoms with Gasteiger partial charge in [-0.05, 0) is 0 Å². The van der Waals surface area contributed by atoms with E-state index in [1.807, 2.05) is 0 Å². The molecule has 0 bridgehead atoms. The average molecular weight is 183 g/mol. The molecule has 3 N–H and O–H groups in total. The van der Waals surface area contributed by atoms with Crippen LogP contribution in [0.4, 0.5) is 0 Å². The molecule has 0 aliphatic carbocycles. The van der Waals surface area contributed by atoms with Crippen LogP contribution in [0.15, 0.2) is 0 Å². The molecule has 0 aliphatic heterocycles. The van der Waals surface area contributed by atoms with Crippen LogP contribution in [0.25, 0.3) is 0 Å². The molecule has 0 unspecified atom stereocenters. The van der Waals surface area contributed by atoms with Crippen LogP contribution in [0.2, 0.25) is 0 Å². The summed E-state index contributed by atoms with van der Waals surface area (Å²) in [4.78, 5) is 21.6. The zero-order valence-corrected chi connectivity index (χ0v) is 8.92. The third-order valence-corrected chi connectivity index (χ3v) is 0. The third-order valence-electron chi connectivity index (χ3n) is 0. The van der Waals surface area contributed by atoms with Crippen molar-refractivity contribution in [2.45, 2.75) is 0 Å². The van der Waals surface area contributed by atoms with Gasteiger partial charge in [0.25, 0.3) is 0 Å². The first-order valence-electron chi connectivity index (χ1n) is 0.783. The van der Waals surface area contributed by atoms with Gasteiger partial charge in [-0.2, -0.15) is 0 Å². The minimum Gasteiger partial charge on any atom is -1.00 e. The molecule has 0 heterocycles. The van der Waals surface area contributed by atoms with Crippen LogP contribution in [0.3, 0.4) is 0 Å². The SMILES string of the molecule is O=P(O)(O)O.[Ca+2].[Ca+2].[H+].[H-].[H-].[H-].[H-]. The van der Waals surface area contributed by atoms with E-state index in [1.54, 1.807) is 0 Å². The van der Waals surface area contributed by atoms with Crippen molar-refractivity contribution >= 4 is 83.3 Å². The maximum atomic E-state index is 8.88. The van der Waals surface area contributed by atoms with Crippen molar-refractivity contribution in [3.63, 3.8) is 0 Å². The molecule has 0 aliphatic rings. The van der Waals surface area contributed by atoms with E-state index in [-0.39, 0.29) is 82.6 Å². The van der Waals surface area contributed by atoms with Crippen LogP contribution in [0.1, 0.15) is 7.13 Å². The maximum Gasteiger partial charge on any atom is 2.00 e. The van der Waals surface area contributed by atoms with Crippen LogP contribution in [-0.2, 0) is 4.57 Å². The zero-order chi connectivity index (χ0) is 4.50. The van der Waals surface area contributed by atoms with Crippen LogP contribution in [-0.4, -0.2) is 90.2 Å². The molecular weight excluding hydrogens is 175 g/mol. The molecule has 0 aromatic heterocycles. The van der Waals surface area contributed by atoms with Gasteiger partial charge in [0.15, 0.2) is 0 Å². The molecule has 0 radical (unpaired) electrons. The van der Waals surface area contributed by atoms with E-state index in [0.29, 0.717) is 0 Å². The zero-order valence-electron chi connectivity index (χ0n) is 8.61. The van der Waals surface area contributed by atoms with Gasteiger partial charge in [0.05, 0.1) is 0 Å². The monoisotopic (exact) mass is 183 g/mol. The molecule has 0 spiro atoms. The fourth-order valence-corrected chi connectivity index (χ4v) is 0. The fraction of sp³-hybridized carbons (Fsp3) is 0. The van der Waals surface area contributed by atoms with Crippen LogP contribution in [0, 0.1) is 0 Å². The molecule has 0 saturated carbocycles. The molecule has 40 valence electrons. The Bertz CT molecular complexity index is 67.6. The second kappa shape index (κ2) is 6.75. The summed E-state index contributed by atoms with van der Waals surface area (Å²) in [6, 6.07) is 0. The van der Waals surface area contributed by atoms with E-state index in [2.05, 4.69) is 0 Å². The molecule has 0 aromatic rings. The normalized spacial score (nSPS) is 8.43. The number of hydrogen-bond acceptors (Lipinski definition) is 1. The summed E-state index contributed by atoms with van der Waals surface area (Å²) >= 11 is 0. The number of phosphoric acid groups is 1. The Labute approximate surface area is 108 Å². The minimum absolute atomic E-state index is 0. The maximum absolute atomic E-state index is 8.88. The Kier molecular flexibility index (Phi) is 15.7. The van der Waals surface area contributed by atoms with Crippen LogP contribution < -0.4 is 0 Å². The summed E-state index contributed by atoms with van der Waals surface area (Å²) in [5.41, 5.74) is 0. The van der Waals surface area contributed by atoms with Gasteiger partial charge >= 0.3 is 84.7 Å². The molecule has 0 atom stereocenters. The molecule has 7 heteroatoms. The summed E-state index contributed by atoms with van der Waals surface area (Å²) in [6.07, 6.45) is 0. The minimum atomic E-state index is -4.64. The third kappa shape index (κ3) is 54.9. The molecule has 4 nitrogen and oxygen atoms in total. The van der Waals surface area contributed by atoms with Crippen LogP contribution >= 0.6 is 7.82 Å². The van der Waals surface area contributed by atoms with Gasteiger partial charge in [-0.15, -0.1) is 0 Å². The molecule has 0 amide bonds. The summed E-state index contributed by atoms with van der Waals surface area (Å²) in [5, 5.41) is 0. The predicted octanol–water partition coefficient (Wildman–Crippen LogP) is -1.13. The van der Waals surface area contributed by atoms with Crippen molar-refractivity contribution in [2.75, 3.05) is 0 Å². The molecule has 0 saturated heterocycles. The Morgan fingerprint density at radius 3 is 1.29 bits per heavy atom. The molecule has 0 rings (SSSR count). The van der Waals surface area contributed by atoms with Gasteiger partial charge in [-0.1, -0.05) is 0 Å². The Morgan fingerprint density at radius 1 is 1.29 bits per heavy atom.